The Balaban J connectivity index is 2.40. The van der Waals surface area contributed by atoms with Crippen molar-refractivity contribution in [2.45, 2.75) is 20.3 Å². The summed E-state index contributed by atoms with van der Waals surface area (Å²) >= 11 is 1.49. The Morgan fingerprint density at radius 3 is 2.94 bits per heavy atom. The van der Waals surface area contributed by atoms with Crippen molar-refractivity contribution in [3.63, 3.8) is 0 Å². The number of aromatic amines is 1. The second-order valence-corrected chi connectivity index (χ2v) is 4.78. The number of hydrogen-bond donors (Lipinski definition) is 1. The lowest BCUT2D eigenvalue weighted by Gasteiger charge is -2.04. The number of nitrogens with zero attached hydrogens (tertiary/aromatic N) is 2. The van der Waals surface area contributed by atoms with E-state index in [-0.39, 0.29) is 5.56 Å². The molecule has 0 aliphatic heterocycles. The number of hydrogen-bond acceptors (Lipinski definition) is 4. The molecule has 0 amide bonds. The molecule has 5 heteroatoms. The van der Waals surface area contributed by atoms with Crippen molar-refractivity contribution in [1.29, 1.82) is 0 Å². The van der Waals surface area contributed by atoms with Gasteiger partial charge in [0.1, 0.15) is 5.69 Å². The Kier molecular flexibility index (Phi) is 3.14. The van der Waals surface area contributed by atoms with Crippen molar-refractivity contribution in [1.82, 2.24) is 15.0 Å². The molecule has 84 valence electrons. The molecular formula is C11H13N3OS. The molecule has 0 unspecified atom stereocenters. The maximum absolute atomic E-state index is 11.5. The molecule has 0 aliphatic rings. The average molecular weight is 235 g/mol. The van der Waals surface area contributed by atoms with E-state index in [0.717, 1.165) is 17.8 Å². The smallest absolute Gasteiger partial charge is 0.251 e. The summed E-state index contributed by atoms with van der Waals surface area (Å²) < 4.78 is 0. The molecule has 2 rings (SSSR count). The Bertz CT molecular complexity index is 516. The monoisotopic (exact) mass is 235 g/mol. The molecular weight excluding hydrogens is 222 g/mol. The van der Waals surface area contributed by atoms with Gasteiger partial charge in [0.15, 0.2) is 5.82 Å². The van der Waals surface area contributed by atoms with Crippen LogP contribution in [0.5, 0.6) is 0 Å². The van der Waals surface area contributed by atoms with Gasteiger partial charge < -0.3 is 4.98 Å². The van der Waals surface area contributed by atoms with Crippen molar-refractivity contribution in [2.75, 3.05) is 0 Å². The van der Waals surface area contributed by atoms with Gasteiger partial charge in [-0.05, 0) is 12.3 Å². The molecule has 0 radical (unpaired) electrons. The summed E-state index contributed by atoms with van der Waals surface area (Å²) in [7, 11) is 0. The van der Waals surface area contributed by atoms with Gasteiger partial charge in [0.25, 0.3) is 5.56 Å². The van der Waals surface area contributed by atoms with Crippen LogP contribution in [0.25, 0.3) is 11.5 Å². The van der Waals surface area contributed by atoms with Crippen LogP contribution in [0.1, 0.15) is 19.5 Å². The van der Waals surface area contributed by atoms with Crippen LogP contribution in [0.2, 0.25) is 0 Å². The number of thiazole rings is 1. The molecule has 0 spiro atoms. The first-order chi connectivity index (χ1) is 7.65. The highest BCUT2D eigenvalue weighted by atomic mass is 32.1. The van der Waals surface area contributed by atoms with Gasteiger partial charge in [-0.25, -0.2) is 9.97 Å². The summed E-state index contributed by atoms with van der Waals surface area (Å²) in [5.74, 6) is 1.04. The van der Waals surface area contributed by atoms with Crippen LogP contribution in [0, 0.1) is 5.92 Å². The predicted octanol–water partition coefficient (Wildman–Crippen LogP) is 2.09. The molecule has 2 aromatic rings. The van der Waals surface area contributed by atoms with E-state index in [9.17, 15) is 4.79 Å². The topological polar surface area (TPSA) is 58.6 Å². The summed E-state index contributed by atoms with van der Waals surface area (Å²) in [6, 6.07) is 1.55. The third kappa shape index (κ3) is 2.55. The number of H-pyrrole nitrogens is 1. The van der Waals surface area contributed by atoms with Crippen LogP contribution < -0.4 is 5.56 Å². The summed E-state index contributed by atoms with van der Waals surface area (Å²) in [4.78, 5) is 22.7. The zero-order chi connectivity index (χ0) is 11.5. The number of aromatic nitrogens is 3. The molecule has 2 aromatic heterocycles. The Morgan fingerprint density at radius 2 is 2.31 bits per heavy atom. The van der Waals surface area contributed by atoms with Gasteiger partial charge in [0.05, 0.1) is 5.51 Å². The van der Waals surface area contributed by atoms with E-state index >= 15 is 0 Å². The van der Waals surface area contributed by atoms with Crippen molar-refractivity contribution < 1.29 is 0 Å². The maximum atomic E-state index is 11.5. The van der Waals surface area contributed by atoms with Gasteiger partial charge in [-0.1, -0.05) is 13.8 Å². The Hall–Kier alpha value is -1.49. The van der Waals surface area contributed by atoms with Gasteiger partial charge in [0, 0.05) is 17.1 Å². The minimum Gasteiger partial charge on any atom is -0.305 e. The average Bonchev–Trinajstić information content (AvgIpc) is 2.67. The van der Waals surface area contributed by atoms with Gasteiger partial charge in [-0.15, -0.1) is 11.3 Å². The first-order valence-electron chi connectivity index (χ1n) is 5.14. The van der Waals surface area contributed by atoms with E-state index in [1.165, 1.54) is 11.3 Å². The Labute approximate surface area is 97.4 Å². The van der Waals surface area contributed by atoms with E-state index in [4.69, 9.17) is 0 Å². The van der Waals surface area contributed by atoms with Crippen molar-refractivity contribution in [3.05, 3.63) is 33.0 Å². The first-order valence-corrected chi connectivity index (χ1v) is 6.08. The molecule has 16 heavy (non-hydrogen) atoms. The highest BCUT2D eigenvalue weighted by Crippen LogP contribution is 2.14. The minimum absolute atomic E-state index is 0.117. The van der Waals surface area contributed by atoms with E-state index in [2.05, 4.69) is 28.8 Å². The molecule has 0 fully saturated rings. The SMILES string of the molecule is CC(C)Cc1cc(=O)[nH]c(-c2cscn2)n1. The summed E-state index contributed by atoms with van der Waals surface area (Å²) in [6.45, 7) is 4.21. The van der Waals surface area contributed by atoms with Crippen LogP contribution in [0.3, 0.4) is 0 Å². The van der Waals surface area contributed by atoms with E-state index in [1.807, 2.05) is 5.38 Å². The van der Waals surface area contributed by atoms with E-state index < -0.39 is 0 Å². The van der Waals surface area contributed by atoms with Gasteiger partial charge in [-0.2, -0.15) is 0 Å². The third-order valence-corrected chi connectivity index (χ3v) is 2.67. The summed E-state index contributed by atoms with van der Waals surface area (Å²) in [5.41, 5.74) is 3.16. The van der Waals surface area contributed by atoms with Gasteiger partial charge in [-0.3, -0.25) is 4.79 Å². The second-order valence-electron chi connectivity index (χ2n) is 4.06. The molecule has 0 aliphatic carbocycles. The van der Waals surface area contributed by atoms with Crippen molar-refractivity contribution in [2.24, 2.45) is 5.92 Å². The minimum atomic E-state index is -0.117. The lowest BCUT2D eigenvalue weighted by molar-refractivity contribution is 0.633. The fourth-order valence-corrected chi connectivity index (χ4v) is 2.02. The number of rotatable bonds is 3. The maximum Gasteiger partial charge on any atom is 0.251 e. The van der Waals surface area contributed by atoms with Gasteiger partial charge >= 0.3 is 0 Å². The Morgan fingerprint density at radius 1 is 1.50 bits per heavy atom. The predicted molar refractivity (Wildman–Crippen MR) is 64.5 cm³/mol. The largest absolute Gasteiger partial charge is 0.305 e. The molecule has 4 nitrogen and oxygen atoms in total. The van der Waals surface area contributed by atoms with Gasteiger partial charge in [0.2, 0.25) is 0 Å². The third-order valence-electron chi connectivity index (χ3n) is 2.09. The first kappa shape index (κ1) is 11.0. The standard InChI is InChI=1S/C11H13N3OS/c1-7(2)3-8-4-10(15)14-11(13-8)9-5-16-6-12-9/h4-7H,3H2,1-2H3,(H,13,14,15). The van der Waals surface area contributed by atoms with Crippen LogP contribution in [-0.2, 0) is 6.42 Å². The molecule has 0 bridgehead atoms. The van der Waals surface area contributed by atoms with E-state index in [1.54, 1.807) is 11.6 Å². The van der Waals surface area contributed by atoms with Crippen LogP contribution in [0.15, 0.2) is 21.8 Å². The molecule has 0 atom stereocenters. The highest BCUT2D eigenvalue weighted by Gasteiger charge is 2.06. The molecule has 0 saturated heterocycles. The molecule has 2 heterocycles. The second kappa shape index (κ2) is 4.57. The van der Waals surface area contributed by atoms with Crippen molar-refractivity contribution in [3.8, 4) is 11.5 Å². The fraction of sp³-hybridized carbons (Fsp3) is 0.364. The highest BCUT2D eigenvalue weighted by molar-refractivity contribution is 7.07. The van der Waals surface area contributed by atoms with Crippen LogP contribution >= 0.6 is 11.3 Å². The normalized spacial score (nSPS) is 10.9. The lowest BCUT2D eigenvalue weighted by Crippen LogP contribution is -2.11. The lowest BCUT2D eigenvalue weighted by atomic mass is 10.1. The van der Waals surface area contributed by atoms with Crippen molar-refractivity contribution >= 4 is 11.3 Å². The summed E-state index contributed by atoms with van der Waals surface area (Å²) in [6.07, 6.45) is 0.807. The van der Waals surface area contributed by atoms with Crippen LogP contribution in [-0.4, -0.2) is 15.0 Å². The quantitative estimate of drug-likeness (QED) is 0.886. The molecule has 1 N–H and O–H groups in total. The zero-order valence-electron chi connectivity index (χ0n) is 9.23. The fourth-order valence-electron chi connectivity index (χ4n) is 1.48. The summed E-state index contributed by atoms with van der Waals surface area (Å²) in [5, 5.41) is 1.87. The van der Waals surface area contributed by atoms with E-state index in [0.29, 0.717) is 11.7 Å². The molecule has 0 saturated carbocycles. The van der Waals surface area contributed by atoms with Crippen LogP contribution in [0.4, 0.5) is 0 Å². The number of nitrogens with one attached hydrogen (secondary N) is 1. The zero-order valence-corrected chi connectivity index (χ0v) is 10.0. The molecule has 0 aromatic carbocycles.